The molecule has 0 aliphatic carbocycles. The van der Waals surface area contributed by atoms with E-state index in [9.17, 15) is 0 Å². The normalized spacial score (nSPS) is 11.0. The van der Waals surface area contributed by atoms with E-state index < -0.39 is 0 Å². The molecule has 0 unspecified atom stereocenters. The van der Waals surface area contributed by atoms with Crippen LogP contribution < -0.4 is 4.46 Å². The van der Waals surface area contributed by atoms with E-state index in [4.69, 9.17) is 0 Å². The molecule has 0 radical (unpaired) electrons. The zero-order chi connectivity index (χ0) is 10.2. The van der Waals surface area contributed by atoms with E-state index in [1.54, 1.807) is 0 Å². The van der Waals surface area contributed by atoms with Gasteiger partial charge in [0, 0.05) is 0 Å². The van der Waals surface area contributed by atoms with Crippen LogP contribution in [0.4, 0.5) is 0 Å². The van der Waals surface area contributed by atoms with Crippen LogP contribution in [-0.2, 0) is 0 Å². The fourth-order valence-electron chi connectivity index (χ4n) is 0.818. The van der Waals surface area contributed by atoms with Crippen molar-refractivity contribution in [3.05, 3.63) is 66.2 Å². The first-order chi connectivity index (χ1) is 6.86. The number of rotatable bonds is 5. The SMILES string of the molecule is C=C/C=C(\C=C)[Se][Se]c1ccccc1. The Kier molecular flexibility index (Phi) is 5.66. The predicted molar refractivity (Wildman–Crippen MR) is 66.1 cm³/mol. The Balaban J connectivity index is 2.52. The molecule has 0 aliphatic heterocycles. The van der Waals surface area contributed by atoms with Crippen LogP contribution in [-0.4, -0.2) is 26.3 Å². The first-order valence-electron chi connectivity index (χ1n) is 4.21. The molecular weight excluding hydrogens is 302 g/mol. The summed E-state index contributed by atoms with van der Waals surface area (Å²) < 4.78 is 2.79. The van der Waals surface area contributed by atoms with E-state index in [0.717, 1.165) is 0 Å². The van der Waals surface area contributed by atoms with Crippen LogP contribution in [0.3, 0.4) is 0 Å². The van der Waals surface area contributed by atoms with E-state index in [1.807, 2.05) is 12.2 Å². The summed E-state index contributed by atoms with van der Waals surface area (Å²) in [4.78, 5) is 0. The van der Waals surface area contributed by atoms with Crippen LogP contribution >= 0.6 is 0 Å². The molecule has 0 amide bonds. The first-order valence-corrected chi connectivity index (χ1v) is 10.3. The van der Waals surface area contributed by atoms with Crippen LogP contribution in [0.25, 0.3) is 0 Å². The van der Waals surface area contributed by atoms with E-state index in [1.165, 1.54) is 8.93 Å². The summed E-state index contributed by atoms with van der Waals surface area (Å²) in [5.41, 5.74) is 0. The van der Waals surface area contributed by atoms with Gasteiger partial charge >= 0.3 is 96.9 Å². The van der Waals surface area contributed by atoms with Gasteiger partial charge in [-0.05, 0) is 0 Å². The van der Waals surface area contributed by atoms with Gasteiger partial charge in [-0.3, -0.25) is 0 Å². The average Bonchev–Trinajstić information content (AvgIpc) is 2.25. The second kappa shape index (κ2) is 6.86. The van der Waals surface area contributed by atoms with Crippen molar-refractivity contribution in [2.75, 3.05) is 0 Å². The molecule has 0 fully saturated rings. The molecular formula is C12H12Se2. The average molecular weight is 314 g/mol. The topological polar surface area (TPSA) is 0 Å². The molecule has 0 saturated heterocycles. The summed E-state index contributed by atoms with van der Waals surface area (Å²) in [5.74, 6) is 0. The summed E-state index contributed by atoms with van der Waals surface area (Å²) in [6.45, 7) is 7.50. The third-order valence-corrected chi connectivity index (χ3v) is 8.75. The van der Waals surface area contributed by atoms with Gasteiger partial charge in [0.2, 0.25) is 0 Å². The van der Waals surface area contributed by atoms with Gasteiger partial charge in [-0.25, -0.2) is 0 Å². The molecule has 1 rings (SSSR count). The van der Waals surface area contributed by atoms with E-state index in [2.05, 4.69) is 49.6 Å². The van der Waals surface area contributed by atoms with Crippen molar-refractivity contribution in [3.63, 3.8) is 0 Å². The number of hydrogen-bond donors (Lipinski definition) is 0. The van der Waals surface area contributed by atoms with Gasteiger partial charge in [0.25, 0.3) is 0 Å². The van der Waals surface area contributed by atoms with Gasteiger partial charge in [0.05, 0.1) is 0 Å². The molecule has 0 saturated carbocycles. The first kappa shape index (κ1) is 11.6. The molecule has 1 aromatic carbocycles. The van der Waals surface area contributed by atoms with Gasteiger partial charge in [-0.2, -0.15) is 0 Å². The van der Waals surface area contributed by atoms with Gasteiger partial charge in [0.1, 0.15) is 0 Å². The molecule has 1 aromatic rings. The van der Waals surface area contributed by atoms with Crippen molar-refractivity contribution in [2.45, 2.75) is 0 Å². The molecule has 72 valence electrons. The van der Waals surface area contributed by atoms with E-state index in [-0.39, 0.29) is 0 Å². The quantitative estimate of drug-likeness (QED) is 0.575. The molecule has 0 bridgehead atoms. The Morgan fingerprint density at radius 1 is 1.14 bits per heavy atom. The maximum absolute atomic E-state index is 3.80. The van der Waals surface area contributed by atoms with Crippen molar-refractivity contribution >= 4 is 30.7 Å². The van der Waals surface area contributed by atoms with Crippen LogP contribution in [0, 0.1) is 0 Å². The Morgan fingerprint density at radius 2 is 1.86 bits per heavy atom. The fraction of sp³-hybridized carbons (Fsp3) is 0. The molecule has 0 aliphatic rings. The maximum atomic E-state index is 3.80. The standard InChI is InChI=1S/C12H12Se2/c1-3-8-11(4-2)13-14-12-9-6-5-7-10-12/h3-10H,1-2H2/b11-8+. The summed E-state index contributed by atoms with van der Waals surface area (Å²) in [6, 6.07) is 10.6. The van der Waals surface area contributed by atoms with Crippen molar-refractivity contribution in [1.82, 2.24) is 0 Å². The third-order valence-electron chi connectivity index (χ3n) is 1.46. The predicted octanol–water partition coefficient (Wildman–Crippen LogP) is 1.89. The molecule has 0 nitrogen and oxygen atoms in total. The second-order valence-electron chi connectivity index (χ2n) is 2.49. The summed E-state index contributed by atoms with van der Waals surface area (Å²) in [5, 5.41) is 0. The number of benzene rings is 1. The molecule has 0 atom stereocenters. The Bertz CT molecular complexity index is 325. The van der Waals surface area contributed by atoms with Crippen LogP contribution in [0.5, 0.6) is 0 Å². The van der Waals surface area contributed by atoms with Crippen molar-refractivity contribution in [1.29, 1.82) is 0 Å². The van der Waals surface area contributed by atoms with E-state index >= 15 is 0 Å². The van der Waals surface area contributed by atoms with Gasteiger partial charge < -0.3 is 0 Å². The van der Waals surface area contributed by atoms with Crippen molar-refractivity contribution in [3.8, 4) is 0 Å². The minimum absolute atomic E-state index is 0.532. The Hall–Kier alpha value is -0.521. The van der Waals surface area contributed by atoms with Gasteiger partial charge in [-0.15, -0.1) is 0 Å². The second-order valence-corrected chi connectivity index (χ2v) is 8.80. The van der Waals surface area contributed by atoms with Crippen LogP contribution in [0.15, 0.2) is 66.2 Å². The Morgan fingerprint density at radius 3 is 2.43 bits per heavy atom. The molecule has 2 heteroatoms. The van der Waals surface area contributed by atoms with Gasteiger partial charge in [0.15, 0.2) is 0 Å². The summed E-state index contributed by atoms with van der Waals surface area (Å²) >= 11 is 1.10. The zero-order valence-corrected chi connectivity index (χ0v) is 11.3. The fourth-order valence-corrected chi connectivity index (χ4v) is 6.90. The molecule has 0 N–H and O–H groups in total. The van der Waals surface area contributed by atoms with Crippen LogP contribution in [0.2, 0.25) is 0 Å². The van der Waals surface area contributed by atoms with E-state index in [0.29, 0.717) is 26.3 Å². The minimum atomic E-state index is 0.532. The molecule has 0 aromatic heterocycles. The van der Waals surface area contributed by atoms with Gasteiger partial charge in [-0.1, -0.05) is 0 Å². The molecule has 0 spiro atoms. The van der Waals surface area contributed by atoms with Crippen LogP contribution in [0.1, 0.15) is 0 Å². The number of hydrogen-bond acceptors (Lipinski definition) is 0. The monoisotopic (exact) mass is 316 g/mol. The third kappa shape index (κ3) is 4.13. The Labute approximate surface area is 96.7 Å². The van der Waals surface area contributed by atoms with Crippen molar-refractivity contribution < 1.29 is 0 Å². The summed E-state index contributed by atoms with van der Waals surface area (Å²) in [6.07, 6.45) is 5.82. The molecule has 0 heterocycles. The number of allylic oxidation sites excluding steroid dienone is 4. The summed E-state index contributed by atoms with van der Waals surface area (Å²) in [7, 11) is 0. The molecule has 14 heavy (non-hydrogen) atoms. The van der Waals surface area contributed by atoms with Crippen molar-refractivity contribution in [2.24, 2.45) is 0 Å². The zero-order valence-electron chi connectivity index (χ0n) is 7.85.